The Balaban J connectivity index is 1.95. The summed E-state index contributed by atoms with van der Waals surface area (Å²) in [5.74, 6) is -0.336. The van der Waals surface area contributed by atoms with Crippen molar-refractivity contribution >= 4 is 12.0 Å². The Hall–Kier alpha value is -2.05. The van der Waals surface area contributed by atoms with Crippen molar-refractivity contribution in [1.82, 2.24) is 20.6 Å². The van der Waals surface area contributed by atoms with Gasteiger partial charge in [-0.15, -0.1) is 0 Å². The van der Waals surface area contributed by atoms with Gasteiger partial charge in [0.25, 0.3) is 0 Å². The number of aliphatic carboxylic acids is 1. The highest BCUT2D eigenvalue weighted by Crippen LogP contribution is 2.29. The average molecular weight is 266 g/mol. The Kier molecular flexibility index (Phi) is 3.73. The third-order valence-electron chi connectivity index (χ3n) is 3.50. The van der Waals surface area contributed by atoms with Gasteiger partial charge in [-0.3, -0.25) is 0 Å². The second kappa shape index (κ2) is 5.29. The lowest BCUT2D eigenvalue weighted by atomic mass is 9.98. The first-order valence-electron chi connectivity index (χ1n) is 6.35. The number of H-pyrrole nitrogens is 1. The van der Waals surface area contributed by atoms with E-state index in [2.05, 4.69) is 20.6 Å². The Bertz CT molecular complexity index is 452. The molecule has 1 heterocycles. The Labute approximate surface area is 110 Å². The Morgan fingerprint density at radius 2 is 2.16 bits per heavy atom. The molecule has 0 radical (unpaired) electrons. The maximum Gasteiger partial charge on any atom is 0.329 e. The second-order valence-corrected chi connectivity index (χ2v) is 4.89. The largest absolute Gasteiger partial charge is 0.480 e. The van der Waals surface area contributed by atoms with Gasteiger partial charge >= 0.3 is 12.0 Å². The minimum absolute atomic E-state index is 0.303. The molecule has 2 rings (SSSR count). The van der Waals surface area contributed by atoms with Gasteiger partial charge in [0.15, 0.2) is 0 Å². The highest BCUT2D eigenvalue weighted by molar-refractivity contribution is 5.86. The Morgan fingerprint density at radius 1 is 1.47 bits per heavy atom. The van der Waals surface area contributed by atoms with Gasteiger partial charge in [0.1, 0.15) is 11.4 Å². The first-order valence-corrected chi connectivity index (χ1v) is 6.35. The molecular formula is C12H18N4O3. The lowest BCUT2D eigenvalue weighted by Gasteiger charge is -2.26. The van der Waals surface area contributed by atoms with E-state index in [1.807, 2.05) is 0 Å². The van der Waals surface area contributed by atoms with Crippen molar-refractivity contribution in [2.45, 2.75) is 44.2 Å². The summed E-state index contributed by atoms with van der Waals surface area (Å²) in [6.07, 6.45) is 5.86. The first kappa shape index (κ1) is 13.4. The zero-order valence-corrected chi connectivity index (χ0v) is 10.8. The summed E-state index contributed by atoms with van der Waals surface area (Å²) >= 11 is 0. The van der Waals surface area contributed by atoms with Crippen LogP contribution in [-0.4, -0.2) is 32.6 Å². The van der Waals surface area contributed by atoms with Crippen molar-refractivity contribution in [1.29, 1.82) is 0 Å². The molecule has 1 fully saturated rings. The topological polar surface area (TPSA) is 107 Å². The molecule has 19 heavy (non-hydrogen) atoms. The molecule has 104 valence electrons. The van der Waals surface area contributed by atoms with Crippen molar-refractivity contribution in [2.75, 3.05) is 0 Å². The molecule has 0 spiro atoms. The number of hydrogen-bond donors (Lipinski definition) is 4. The van der Waals surface area contributed by atoms with Crippen molar-refractivity contribution in [3.63, 3.8) is 0 Å². The number of carboxylic acid groups (broad SMARTS) is 1. The van der Waals surface area contributed by atoms with E-state index < -0.39 is 17.5 Å². The Morgan fingerprint density at radius 3 is 2.68 bits per heavy atom. The molecule has 1 aromatic rings. The number of amides is 2. The summed E-state index contributed by atoms with van der Waals surface area (Å²) in [6.45, 7) is 1.78. The van der Waals surface area contributed by atoms with E-state index in [9.17, 15) is 14.7 Å². The predicted octanol–water partition coefficient (Wildman–Crippen LogP) is 1.17. The molecule has 0 saturated heterocycles. The van der Waals surface area contributed by atoms with Crippen LogP contribution in [0.3, 0.4) is 0 Å². The molecule has 7 nitrogen and oxygen atoms in total. The lowest BCUT2D eigenvalue weighted by molar-refractivity contribution is -0.144. The van der Waals surface area contributed by atoms with Gasteiger partial charge in [0.05, 0.1) is 6.04 Å². The lowest BCUT2D eigenvalue weighted by Crippen LogP contribution is -2.55. The van der Waals surface area contributed by atoms with Gasteiger partial charge in [-0.1, -0.05) is 12.8 Å². The number of rotatable bonds is 4. The average Bonchev–Trinajstić information content (AvgIpc) is 2.99. The van der Waals surface area contributed by atoms with Crippen LogP contribution in [0.15, 0.2) is 12.4 Å². The fourth-order valence-electron chi connectivity index (χ4n) is 2.40. The molecular weight excluding hydrogens is 248 g/mol. The van der Waals surface area contributed by atoms with Crippen molar-refractivity contribution in [2.24, 2.45) is 0 Å². The predicted molar refractivity (Wildman–Crippen MR) is 67.5 cm³/mol. The second-order valence-electron chi connectivity index (χ2n) is 4.89. The van der Waals surface area contributed by atoms with Gasteiger partial charge < -0.3 is 20.7 Å². The first-order chi connectivity index (χ1) is 9.03. The van der Waals surface area contributed by atoms with Crippen molar-refractivity contribution in [3.05, 3.63) is 18.2 Å². The molecule has 7 heteroatoms. The van der Waals surface area contributed by atoms with Crippen LogP contribution in [0.4, 0.5) is 4.79 Å². The number of aromatic amines is 1. The summed E-state index contributed by atoms with van der Waals surface area (Å²) in [5.41, 5.74) is -1.12. The number of urea groups is 1. The molecule has 0 aromatic carbocycles. The van der Waals surface area contributed by atoms with Gasteiger partial charge in [-0.2, -0.15) is 0 Å². The van der Waals surface area contributed by atoms with Crippen LogP contribution in [0.5, 0.6) is 0 Å². The van der Waals surface area contributed by atoms with Crippen LogP contribution < -0.4 is 10.6 Å². The van der Waals surface area contributed by atoms with E-state index in [4.69, 9.17) is 0 Å². The van der Waals surface area contributed by atoms with Gasteiger partial charge in [-0.25, -0.2) is 14.6 Å². The van der Waals surface area contributed by atoms with E-state index in [1.54, 1.807) is 19.3 Å². The molecule has 1 saturated carbocycles. The molecule has 0 aliphatic heterocycles. The molecule has 1 atom stereocenters. The van der Waals surface area contributed by atoms with Gasteiger partial charge in [-0.05, 0) is 19.8 Å². The molecule has 2 amide bonds. The number of nitrogens with one attached hydrogen (secondary N) is 3. The van der Waals surface area contributed by atoms with Gasteiger partial charge in [0.2, 0.25) is 0 Å². The third-order valence-corrected chi connectivity index (χ3v) is 3.50. The summed E-state index contributed by atoms with van der Waals surface area (Å²) in [4.78, 5) is 30.1. The number of carbonyl (C=O) groups is 2. The minimum Gasteiger partial charge on any atom is -0.480 e. The van der Waals surface area contributed by atoms with Gasteiger partial charge in [0, 0.05) is 12.4 Å². The zero-order valence-electron chi connectivity index (χ0n) is 10.8. The van der Waals surface area contributed by atoms with Crippen molar-refractivity contribution in [3.8, 4) is 0 Å². The number of carbonyl (C=O) groups excluding carboxylic acids is 1. The van der Waals surface area contributed by atoms with E-state index >= 15 is 0 Å². The van der Waals surface area contributed by atoms with Crippen LogP contribution in [0.25, 0.3) is 0 Å². The van der Waals surface area contributed by atoms with E-state index in [0.717, 1.165) is 12.8 Å². The summed E-state index contributed by atoms with van der Waals surface area (Å²) < 4.78 is 0. The summed E-state index contributed by atoms with van der Waals surface area (Å²) in [7, 11) is 0. The molecule has 1 unspecified atom stereocenters. The van der Waals surface area contributed by atoms with Crippen LogP contribution in [0.2, 0.25) is 0 Å². The van der Waals surface area contributed by atoms with Crippen molar-refractivity contribution < 1.29 is 14.7 Å². The maximum absolute atomic E-state index is 11.9. The molecule has 1 aromatic heterocycles. The summed E-state index contributed by atoms with van der Waals surface area (Å²) in [5, 5.41) is 14.5. The molecule has 4 N–H and O–H groups in total. The number of nitrogens with zero attached hydrogens (tertiary/aromatic N) is 1. The normalized spacial score (nSPS) is 18.8. The quantitative estimate of drug-likeness (QED) is 0.656. The summed E-state index contributed by atoms with van der Waals surface area (Å²) in [6, 6.07) is -0.782. The standard InChI is InChI=1S/C12H18N4O3/c1-8(9-13-6-7-14-9)15-11(19)16-12(10(17)18)4-2-3-5-12/h6-8H,2-5H2,1H3,(H,13,14)(H,17,18)(H2,15,16,19). The molecule has 1 aliphatic carbocycles. The van der Waals surface area contributed by atoms with Crippen LogP contribution >= 0.6 is 0 Å². The highest BCUT2D eigenvalue weighted by atomic mass is 16.4. The SMILES string of the molecule is CC(NC(=O)NC1(C(=O)O)CCCC1)c1ncc[nH]1. The number of hydrogen-bond acceptors (Lipinski definition) is 3. The number of imidazole rings is 1. The van der Waals surface area contributed by atoms with E-state index in [0.29, 0.717) is 18.7 Å². The maximum atomic E-state index is 11.9. The number of carboxylic acids is 1. The highest BCUT2D eigenvalue weighted by Gasteiger charge is 2.42. The van der Waals surface area contributed by atoms with E-state index in [1.165, 1.54) is 0 Å². The fourth-order valence-corrected chi connectivity index (χ4v) is 2.40. The van der Waals surface area contributed by atoms with Crippen LogP contribution in [-0.2, 0) is 4.79 Å². The minimum atomic E-state index is -1.12. The monoisotopic (exact) mass is 266 g/mol. The van der Waals surface area contributed by atoms with E-state index in [-0.39, 0.29) is 6.04 Å². The third kappa shape index (κ3) is 2.86. The smallest absolute Gasteiger partial charge is 0.329 e. The fraction of sp³-hybridized carbons (Fsp3) is 0.583. The zero-order chi connectivity index (χ0) is 13.9. The molecule has 0 bridgehead atoms. The molecule has 1 aliphatic rings. The number of aromatic nitrogens is 2. The van der Waals surface area contributed by atoms with Crippen LogP contribution in [0.1, 0.15) is 44.5 Å². The van der Waals surface area contributed by atoms with Crippen LogP contribution in [0, 0.1) is 0 Å².